The van der Waals surface area contributed by atoms with Gasteiger partial charge in [-0.1, -0.05) is 30.3 Å². The molecule has 1 fully saturated rings. The van der Waals surface area contributed by atoms with Crippen molar-refractivity contribution in [3.8, 4) is 11.5 Å². The molecule has 33 heavy (non-hydrogen) atoms. The van der Waals surface area contributed by atoms with Gasteiger partial charge in [0.05, 0.1) is 20.9 Å². The molecule has 2 heterocycles. The van der Waals surface area contributed by atoms with Crippen molar-refractivity contribution >= 4 is 22.2 Å². The average Bonchev–Trinajstić information content (AvgIpc) is 3.18. The van der Waals surface area contributed by atoms with Crippen molar-refractivity contribution in [1.29, 1.82) is 0 Å². The summed E-state index contributed by atoms with van der Waals surface area (Å²) in [6.07, 6.45) is 3.97. The molecule has 0 N–H and O–H groups in total. The smallest absolute Gasteiger partial charge is 0.246 e. The minimum absolute atomic E-state index is 0.123. The Kier molecular flexibility index (Phi) is 7.18. The summed E-state index contributed by atoms with van der Waals surface area (Å²) in [6, 6.07) is 15.0. The highest BCUT2D eigenvalue weighted by molar-refractivity contribution is 7.89. The van der Waals surface area contributed by atoms with Crippen molar-refractivity contribution in [1.82, 2.24) is 18.3 Å². The SMILES string of the molecule is COc1ccc(OC)c(S(=O)(=O)N2CCN(Cn3ccn(Cc4ccccc4)c3=S)CC2)c1. The summed E-state index contributed by atoms with van der Waals surface area (Å²) in [4.78, 5) is 2.33. The molecule has 0 atom stereocenters. The molecule has 4 rings (SSSR count). The van der Waals surface area contributed by atoms with E-state index in [0.29, 0.717) is 44.3 Å². The highest BCUT2D eigenvalue weighted by Crippen LogP contribution is 2.31. The molecule has 1 aromatic heterocycles. The van der Waals surface area contributed by atoms with Crippen LogP contribution in [0.15, 0.2) is 65.8 Å². The zero-order chi connectivity index (χ0) is 23.4. The van der Waals surface area contributed by atoms with Gasteiger partial charge in [0.1, 0.15) is 16.4 Å². The minimum atomic E-state index is -3.70. The van der Waals surface area contributed by atoms with Gasteiger partial charge in [-0.15, -0.1) is 0 Å². The molecule has 0 amide bonds. The number of imidazole rings is 1. The molecule has 1 saturated heterocycles. The number of piperazine rings is 1. The van der Waals surface area contributed by atoms with Gasteiger partial charge in [0.2, 0.25) is 10.0 Å². The van der Waals surface area contributed by atoms with E-state index in [1.807, 2.05) is 39.7 Å². The lowest BCUT2D eigenvalue weighted by Gasteiger charge is -2.34. The standard InChI is InChI=1S/C23H28N4O4S2/c1-30-20-8-9-21(31-2)22(16-20)33(28,29)27-14-10-24(11-15-27)18-26-13-12-25(23(26)32)17-19-6-4-3-5-7-19/h3-9,12-13,16H,10-11,14-15,17-18H2,1-2H3. The summed E-state index contributed by atoms with van der Waals surface area (Å²) in [5.74, 6) is 0.784. The third-order valence-corrected chi connectivity index (χ3v) is 8.17. The lowest BCUT2D eigenvalue weighted by atomic mass is 10.2. The second-order valence-electron chi connectivity index (χ2n) is 7.84. The lowest BCUT2D eigenvalue weighted by molar-refractivity contribution is 0.151. The first-order valence-electron chi connectivity index (χ1n) is 10.7. The summed E-state index contributed by atoms with van der Waals surface area (Å²) >= 11 is 5.66. The van der Waals surface area contributed by atoms with Crippen LogP contribution in [0.3, 0.4) is 0 Å². The van der Waals surface area contributed by atoms with Gasteiger partial charge in [-0.05, 0) is 29.9 Å². The zero-order valence-electron chi connectivity index (χ0n) is 18.8. The fourth-order valence-corrected chi connectivity index (χ4v) is 5.75. The monoisotopic (exact) mass is 488 g/mol. The lowest BCUT2D eigenvalue weighted by Crippen LogP contribution is -2.48. The van der Waals surface area contributed by atoms with Crippen molar-refractivity contribution in [2.24, 2.45) is 0 Å². The summed E-state index contributed by atoms with van der Waals surface area (Å²) < 4.78 is 43.4. The fraction of sp³-hybridized carbons (Fsp3) is 0.348. The molecule has 10 heteroatoms. The van der Waals surface area contributed by atoms with Gasteiger partial charge in [-0.3, -0.25) is 4.90 Å². The molecular weight excluding hydrogens is 460 g/mol. The second kappa shape index (κ2) is 10.1. The molecule has 8 nitrogen and oxygen atoms in total. The van der Waals surface area contributed by atoms with Gasteiger partial charge in [-0.25, -0.2) is 8.42 Å². The molecule has 1 aliphatic rings. The quantitative estimate of drug-likeness (QED) is 0.454. The summed E-state index contributed by atoms with van der Waals surface area (Å²) in [5.41, 5.74) is 1.19. The first kappa shape index (κ1) is 23.5. The van der Waals surface area contributed by atoms with E-state index in [2.05, 4.69) is 17.0 Å². The molecule has 3 aromatic rings. The molecule has 2 aromatic carbocycles. The van der Waals surface area contributed by atoms with Crippen molar-refractivity contribution in [3.05, 3.63) is 71.3 Å². The predicted molar refractivity (Wildman–Crippen MR) is 129 cm³/mol. The van der Waals surface area contributed by atoms with Gasteiger partial charge in [-0.2, -0.15) is 4.31 Å². The van der Waals surface area contributed by atoms with E-state index in [0.717, 1.165) is 11.3 Å². The van der Waals surface area contributed by atoms with E-state index in [4.69, 9.17) is 21.7 Å². The van der Waals surface area contributed by atoms with Crippen LogP contribution < -0.4 is 9.47 Å². The van der Waals surface area contributed by atoms with Gasteiger partial charge < -0.3 is 18.6 Å². The topological polar surface area (TPSA) is 68.9 Å². The maximum atomic E-state index is 13.3. The Balaban J connectivity index is 1.41. The number of rotatable bonds is 8. The van der Waals surface area contributed by atoms with E-state index in [1.165, 1.54) is 30.2 Å². The van der Waals surface area contributed by atoms with E-state index in [9.17, 15) is 8.42 Å². The molecule has 0 saturated carbocycles. The van der Waals surface area contributed by atoms with Crippen molar-refractivity contribution in [2.75, 3.05) is 40.4 Å². The van der Waals surface area contributed by atoms with Crippen LogP contribution in [0.2, 0.25) is 0 Å². The molecule has 0 unspecified atom stereocenters. The molecule has 0 spiro atoms. The van der Waals surface area contributed by atoms with Crippen LogP contribution >= 0.6 is 12.2 Å². The number of aromatic nitrogens is 2. The molecule has 0 bridgehead atoms. The van der Waals surface area contributed by atoms with Crippen LogP contribution in [0.25, 0.3) is 0 Å². The number of benzene rings is 2. The van der Waals surface area contributed by atoms with Crippen LogP contribution in [0.1, 0.15) is 5.56 Å². The van der Waals surface area contributed by atoms with Crippen molar-refractivity contribution in [3.63, 3.8) is 0 Å². The largest absolute Gasteiger partial charge is 0.497 e. The van der Waals surface area contributed by atoms with Crippen LogP contribution in [-0.2, 0) is 23.2 Å². The molecule has 0 radical (unpaired) electrons. The van der Waals surface area contributed by atoms with Crippen LogP contribution in [-0.4, -0.2) is 67.2 Å². The Labute approximate surface area is 199 Å². The predicted octanol–water partition coefficient (Wildman–Crippen LogP) is 3.05. The number of nitrogens with zero attached hydrogens (tertiary/aromatic N) is 4. The number of hydrogen-bond donors (Lipinski definition) is 0. The number of sulfonamides is 1. The van der Waals surface area contributed by atoms with E-state index < -0.39 is 10.0 Å². The Morgan fingerprint density at radius 2 is 1.61 bits per heavy atom. The number of hydrogen-bond acceptors (Lipinski definition) is 6. The normalized spacial score (nSPS) is 15.5. The van der Waals surface area contributed by atoms with E-state index >= 15 is 0 Å². The second-order valence-corrected chi connectivity index (χ2v) is 10.1. The number of ether oxygens (including phenoxy) is 2. The average molecular weight is 489 g/mol. The van der Waals surface area contributed by atoms with Gasteiger partial charge >= 0.3 is 0 Å². The first-order valence-corrected chi connectivity index (χ1v) is 12.5. The third-order valence-electron chi connectivity index (χ3n) is 5.79. The van der Waals surface area contributed by atoms with E-state index in [1.54, 1.807) is 12.1 Å². The van der Waals surface area contributed by atoms with E-state index in [-0.39, 0.29) is 4.90 Å². The van der Waals surface area contributed by atoms with Crippen molar-refractivity contribution in [2.45, 2.75) is 18.1 Å². The molecule has 0 aliphatic carbocycles. The Bertz CT molecular complexity index is 1250. The van der Waals surface area contributed by atoms with Crippen LogP contribution in [0.5, 0.6) is 11.5 Å². The van der Waals surface area contributed by atoms with Gasteiger partial charge in [0, 0.05) is 51.2 Å². The molecule has 1 aliphatic heterocycles. The Hall–Kier alpha value is -2.66. The third kappa shape index (κ3) is 5.14. The Morgan fingerprint density at radius 3 is 2.27 bits per heavy atom. The maximum Gasteiger partial charge on any atom is 0.246 e. The fourth-order valence-electron chi connectivity index (χ4n) is 3.91. The van der Waals surface area contributed by atoms with Crippen LogP contribution in [0, 0.1) is 4.77 Å². The maximum absolute atomic E-state index is 13.3. The molecule has 176 valence electrons. The highest BCUT2D eigenvalue weighted by atomic mass is 32.2. The zero-order valence-corrected chi connectivity index (χ0v) is 20.4. The Morgan fingerprint density at radius 1 is 0.909 bits per heavy atom. The highest BCUT2D eigenvalue weighted by Gasteiger charge is 2.31. The molecular formula is C23H28N4O4S2. The minimum Gasteiger partial charge on any atom is -0.497 e. The van der Waals surface area contributed by atoms with Crippen LogP contribution in [0.4, 0.5) is 0 Å². The summed E-state index contributed by atoms with van der Waals surface area (Å²) in [6.45, 7) is 3.34. The summed E-state index contributed by atoms with van der Waals surface area (Å²) in [7, 11) is -0.728. The van der Waals surface area contributed by atoms with Crippen molar-refractivity contribution < 1.29 is 17.9 Å². The van der Waals surface area contributed by atoms with Gasteiger partial charge in [0.25, 0.3) is 0 Å². The summed E-state index contributed by atoms with van der Waals surface area (Å²) in [5, 5.41) is 0. The van der Waals surface area contributed by atoms with Gasteiger partial charge in [0.15, 0.2) is 4.77 Å². The number of methoxy groups -OCH3 is 2. The first-order chi connectivity index (χ1) is 15.9.